The van der Waals surface area contributed by atoms with Gasteiger partial charge in [0, 0.05) is 31.5 Å². The van der Waals surface area contributed by atoms with Crippen LogP contribution >= 0.6 is 11.6 Å². The zero-order valence-electron chi connectivity index (χ0n) is 14.5. The molecule has 0 radical (unpaired) electrons. The van der Waals surface area contributed by atoms with Gasteiger partial charge in [-0.15, -0.1) is 0 Å². The molecule has 1 aliphatic heterocycles. The molecular formula is C18H21ClN2O4S. The van der Waals surface area contributed by atoms with Gasteiger partial charge < -0.3 is 9.47 Å². The van der Waals surface area contributed by atoms with Gasteiger partial charge in [0.05, 0.1) is 13.7 Å². The Morgan fingerprint density at radius 3 is 2.62 bits per heavy atom. The van der Waals surface area contributed by atoms with Crippen molar-refractivity contribution in [1.29, 1.82) is 0 Å². The molecule has 0 bridgehead atoms. The van der Waals surface area contributed by atoms with Crippen LogP contribution in [0.2, 0.25) is 5.02 Å². The van der Waals surface area contributed by atoms with Crippen molar-refractivity contribution in [3.05, 3.63) is 47.7 Å². The van der Waals surface area contributed by atoms with E-state index in [0.29, 0.717) is 36.2 Å². The number of aromatic nitrogens is 1. The van der Waals surface area contributed by atoms with Gasteiger partial charge >= 0.3 is 0 Å². The molecule has 1 aromatic heterocycles. The molecule has 0 saturated carbocycles. The highest BCUT2D eigenvalue weighted by atomic mass is 35.5. The molecule has 1 aromatic carbocycles. The average molecular weight is 397 g/mol. The minimum Gasteiger partial charge on any atom is -0.495 e. The number of benzene rings is 1. The van der Waals surface area contributed by atoms with E-state index in [-0.39, 0.29) is 10.8 Å². The van der Waals surface area contributed by atoms with E-state index >= 15 is 0 Å². The highest BCUT2D eigenvalue weighted by molar-refractivity contribution is 7.89. The molecule has 1 fully saturated rings. The van der Waals surface area contributed by atoms with E-state index in [9.17, 15) is 8.42 Å². The van der Waals surface area contributed by atoms with Gasteiger partial charge in [-0.25, -0.2) is 8.42 Å². The van der Waals surface area contributed by atoms with Crippen LogP contribution in [0.1, 0.15) is 12.8 Å². The Kier molecular flexibility index (Phi) is 6.01. The molecule has 0 aliphatic carbocycles. The first-order chi connectivity index (χ1) is 12.5. The number of hydrogen-bond acceptors (Lipinski definition) is 5. The summed E-state index contributed by atoms with van der Waals surface area (Å²) in [5.74, 6) is 1.25. The van der Waals surface area contributed by atoms with Crippen LogP contribution in [-0.2, 0) is 10.0 Å². The largest absolute Gasteiger partial charge is 0.495 e. The van der Waals surface area contributed by atoms with Crippen molar-refractivity contribution < 1.29 is 17.9 Å². The number of pyridine rings is 1. The molecule has 140 valence electrons. The summed E-state index contributed by atoms with van der Waals surface area (Å²) in [6.07, 6.45) is 4.64. The molecule has 2 aromatic rings. The molecule has 0 unspecified atom stereocenters. The van der Waals surface area contributed by atoms with E-state index in [1.807, 2.05) is 0 Å². The molecule has 6 nitrogen and oxygen atoms in total. The number of nitrogens with zero attached hydrogens (tertiary/aromatic N) is 2. The number of para-hydroxylation sites is 1. The number of halogens is 1. The van der Waals surface area contributed by atoms with Crippen LogP contribution < -0.4 is 9.47 Å². The molecule has 3 rings (SSSR count). The van der Waals surface area contributed by atoms with Crippen molar-refractivity contribution in [2.75, 3.05) is 26.8 Å². The third-order valence-corrected chi connectivity index (χ3v) is 6.69. The van der Waals surface area contributed by atoms with E-state index in [0.717, 1.165) is 12.8 Å². The summed E-state index contributed by atoms with van der Waals surface area (Å²) in [6.45, 7) is 1.42. The number of ether oxygens (including phenoxy) is 2. The van der Waals surface area contributed by atoms with Crippen LogP contribution in [0.25, 0.3) is 0 Å². The molecule has 26 heavy (non-hydrogen) atoms. The maximum Gasteiger partial charge on any atom is 0.246 e. The minimum absolute atomic E-state index is 0.209. The van der Waals surface area contributed by atoms with E-state index in [1.54, 1.807) is 42.7 Å². The van der Waals surface area contributed by atoms with Gasteiger partial charge in [-0.3, -0.25) is 4.98 Å². The number of hydrogen-bond donors (Lipinski definition) is 0. The van der Waals surface area contributed by atoms with Crippen LogP contribution in [0.5, 0.6) is 11.5 Å². The Balaban J connectivity index is 1.60. The Labute approximate surface area is 158 Å². The third kappa shape index (κ3) is 4.11. The maximum absolute atomic E-state index is 12.9. The van der Waals surface area contributed by atoms with Gasteiger partial charge in [-0.05, 0) is 30.9 Å². The van der Waals surface area contributed by atoms with E-state index in [1.165, 1.54) is 11.4 Å². The molecule has 1 aliphatic rings. The van der Waals surface area contributed by atoms with Gasteiger partial charge in [-0.1, -0.05) is 23.7 Å². The fourth-order valence-electron chi connectivity index (χ4n) is 2.97. The van der Waals surface area contributed by atoms with Crippen LogP contribution in [0, 0.1) is 5.92 Å². The molecule has 2 heterocycles. The van der Waals surface area contributed by atoms with Gasteiger partial charge in [0.2, 0.25) is 10.0 Å². The first-order valence-corrected chi connectivity index (χ1v) is 10.2. The molecule has 0 amide bonds. The van der Waals surface area contributed by atoms with Gasteiger partial charge in [0.25, 0.3) is 0 Å². The quantitative estimate of drug-likeness (QED) is 0.749. The predicted octanol–water partition coefficient (Wildman–Crippen LogP) is 3.22. The number of piperidine rings is 1. The molecule has 0 N–H and O–H groups in total. The SMILES string of the molecule is COc1ccccc1S(=O)(=O)N1CCC(COc2ccncc2Cl)CC1. The Bertz CT molecular complexity index is 852. The summed E-state index contributed by atoms with van der Waals surface area (Å²) in [4.78, 5) is 4.13. The summed E-state index contributed by atoms with van der Waals surface area (Å²) in [5.41, 5.74) is 0. The molecule has 8 heteroatoms. The van der Waals surface area contributed by atoms with Crippen LogP contribution in [0.3, 0.4) is 0 Å². The maximum atomic E-state index is 12.9. The first-order valence-electron chi connectivity index (χ1n) is 8.38. The zero-order chi connectivity index (χ0) is 18.6. The normalized spacial score (nSPS) is 16.4. The smallest absolute Gasteiger partial charge is 0.246 e. The van der Waals surface area contributed by atoms with Crippen LogP contribution in [0.15, 0.2) is 47.6 Å². The lowest BCUT2D eigenvalue weighted by Crippen LogP contribution is -2.39. The third-order valence-electron chi connectivity index (χ3n) is 4.47. The average Bonchev–Trinajstić information content (AvgIpc) is 2.67. The fourth-order valence-corrected chi connectivity index (χ4v) is 4.77. The predicted molar refractivity (Wildman–Crippen MR) is 99.2 cm³/mol. The summed E-state index contributed by atoms with van der Waals surface area (Å²) >= 11 is 6.03. The molecule has 0 spiro atoms. The standard InChI is InChI=1S/C18H21ClN2O4S/c1-24-17-4-2-3-5-18(17)26(22,23)21-10-7-14(8-11-21)13-25-16-6-9-20-12-15(16)19/h2-6,9,12,14H,7-8,10-11,13H2,1H3. The van der Waals surface area contributed by atoms with Crippen molar-refractivity contribution in [3.8, 4) is 11.5 Å². The van der Waals surface area contributed by atoms with Gasteiger partial charge in [-0.2, -0.15) is 4.31 Å². The highest BCUT2D eigenvalue weighted by Gasteiger charge is 2.31. The lowest BCUT2D eigenvalue weighted by Gasteiger charge is -2.31. The number of rotatable bonds is 6. The second kappa shape index (κ2) is 8.24. The van der Waals surface area contributed by atoms with Gasteiger partial charge in [0.15, 0.2) is 0 Å². The highest BCUT2D eigenvalue weighted by Crippen LogP contribution is 2.30. The molecule has 0 atom stereocenters. The van der Waals surface area contributed by atoms with Crippen LogP contribution in [0.4, 0.5) is 0 Å². The van der Waals surface area contributed by atoms with Gasteiger partial charge in [0.1, 0.15) is 21.4 Å². The second-order valence-electron chi connectivity index (χ2n) is 6.12. The first kappa shape index (κ1) is 18.9. The van der Waals surface area contributed by atoms with Crippen molar-refractivity contribution in [2.24, 2.45) is 5.92 Å². The number of sulfonamides is 1. The van der Waals surface area contributed by atoms with E-state index in [2.05, 4.69) is 4.98 Å². The molecular weight excluding hydrogens is 376 g/mol. The van der Waals surface area contributed by atoms with Crippen molar-refractivity contribution in [3.63, 3.8) is 0 Å². The summed E-state index contributed by atoms with van der Waals surface area (Å²) in [7, 11) is -2.09. The summed E-state index contributed by atoms with van der Waals surface area (Å²) in [6, 6.07) is 8.42. The summed E-state index contributed by atoms with van der Waals surface area (Å²) in [5, 5.41) is 0.476. The zero-order valence-corrected chi connectivity index (χ0v) is 16.0. The van der Waals surface area contributed by atoms with Crippen LogP contribution in [-0.4, -0.2) is 44.5 Å². The summed E-state index contributed by atoms with van der Waals surface area (Å²) < 4.78 is 38.2. The lowest BCUT2D eigenvalue weighted by atomic mass is 9.99. The fraction of sp³-hybridized carbons (Fsp3) is 0.389. The van der Waals surface area contributed by atoms with E-state index in [4.69, 9.17) is 21.1 Å². The van der Waals surface area contributed by atoms with E-state index < -0.39 is 10.0 Å². The Hall–Kier alpha value is -1.83. The lowest BCUT2D eigenvalue weighted by molar-refractivity contribution is 0.185. The van der Waals surface area contributed by atoms with Crippen molar-refractivity contribution in [1.82, 2.24) is 9.29 Å². The minimum atomic E-state index is -3.56. The Morgan fingerprint density at radius 1 is 1.19 bits per heavy atom. The van der Waals surface area contributed by atoms with Crippen molar-refractivity contribution in [2.45, 2.75) is 17.7 Å². The van der Waals surface area contributed by atoms with Crippen molar-refractivity contribution >= 4 is 21.6 Å². The number of methoxy groups -OCH3 is 1. The Morgan fingerprint density at radius 2 is 1.92 bits per heavy atom. The molecule has 1 saturated heterocycles. The topological polar surface area (TPSA) is 68.7 Å². The second-order valence-corrected chi connectivity index (χ2v) is 8.43. The monoisotopic (exact) mass is 396 g/mol.